The molecule has 2 aromatic carbocycles. The molecule has 1 amide bonds. The molecule has 0 radical (unpaired) electrons. The predicted octanol–water partition coefficient (Wildman–Crippen LogP) is 3.48. The van der Waals surface area contributed by atoms with Crippen LogP contribution in [0.25, 0.3) is 0 Å². The molecule has 0 fully saturated rings. The smallest absolute Gasteiger partial charge is 0.255 e. The lowest BCUT2D eigenvalue weighted by Gasteiger charge is -2.07. The van der Waals surface area contributed by atoms with Crippen LogP contribution >= 0.6 is 11.6 Å². The van der Waals surface area contributed by atoms with Gasteiger partial charge in [-0.15, -0.1) is 0 Å². The number of nitrogen functional groups attached to an aromatic ring is 1. The third kappa shape index (κ3) is 2.81. The van der Waals surface area contributed by atoms with Crippen molar-refractivity contribution in [2.24, 2.45) is 0 Å². The molecule has 92 valence electrons. The number of nitrogens with two attached hydrogens (primary N) is 1. The number of aryl methyl sites for hydroxylation is 1. The van der Waals surface area contributed by atoms with E-state index in [1.165, 1.54) is 0 Å². The van der Waals surface area contributed by atoms with Gasteiger partial charge in [-0.1, -0.05) is 29.3 Å². The first-order valence-electron chi connectivity index (χ1n) is 5.49. The van der Waals surface area contributed by atoms with Crippen LogP contribution in [0.3, 0.4) is 0 Å². The van der Waals surface area contributed by atoms with Crippen LogP contribution in [0.5, 0.6) is 0 Å². The van der Waals surface area contributed by atoms with Crippen molar-refractivity contribution in [1.82, 2.24) is 0 Å². The Morgan fingerprint density at radius 1 is 1.22 bits per heavy atom. The number of amides is 1. The maximum atomic E-state index is 12.0. The molecule has 0 aliphatic carbocycles. The second-order valence-corrected chi connectivity index (χ2v) is 4.47. The van der Waals surface area contributed by atoms with Gasteiger partial charge in [0.15, 0.2) is 0 Å². The quantitative estimate of drug-likeness (QED) is 0.812. The number of hydrogen-bond donors (Lipinski definition) is 2. The summed E-state index contributed by atoms with van der Waals surface area (Å²) in [4.78, 5) is 12.0. The van der Waals surface area contributed by atoms with Crippen LogP contribution in [0.1, 0.15) is 15.9 Å². The highest BCUT2D eigenvalue weighted by Gasteiger charge is 2.06. The van der Waals surface area contributed by atoms with E-state index in [1.54, 1.807) is 24.3 Å². The molecular weight excluding hydrogens is 248 g/mol. The first kappa shape index (κ1) is 12.5. The molecule has 3 nitrogen and oxygen atoms in total. The van der Waals surface area contributed by atoms with E-state index in [9.17, 15) is 4.79 Å². The Kier molecular flexibility index (Phi) is 3.53. The van der Waals surface area contributed by atoms with Gasteiger partial charge in [0, 0.05) is 11.3 Å². The minimum absolute atomic E-state index is 0.166. The standard InChI is InChI=1S/C14H13ClN2O/c1-9-3-2-4-10(7-9)14(18)17-11-5-6-12(15)13(16)8-11/h2-8H,16H2,1H3,(H,17,18). The van der Waals surface area contributed by atoms with Crippen molar-refractivity contribution >= 4 is 28.9 Å². The lowest BCUT2D eigenvalue weighted by molar-refractivity contribution is 0.102. The summed E-state index contributed by atoms with van der Waals surface area (Å²) in [5.74, 6) is -0.166. The summed E-state index contributed by atoms with van der Waals surface area (Å²) in [6, 6.07) is 12.4. The number of benzene rings is 2. The van der Waals surface area contributed by atoms with E-state index in [-0.39, 0.29) is 5.91 Å². The summed E-state index contributed by atoms with van der Waals surface area (Å²) in [5, 5.41) is 3.25. The zero-order valence-electron chi connectivity index (χ0n) is 9.91. The van der Waals surface area contributed by atoms with Gasteiger partial charge in [-0.3, -0.25) is 4.79 Å². The molecular formula is C14H13ClN2O. The Morgan fingerprint density at radius 3 is 2.67 bits per heavy atom. The molecule has 0 spiro atoms. The first-order valence-corrected chi connectivity index (χ1v) is 5.87. The summed E-state index contributed by atoms with van der Waals surface area (Å²) >= 11 is 5.82. The van der Waals surface area contributed by atoms with E-state index in [2.05, 4.69) is 5.32 Å². The molecule has 0 atom stereocenters. The van der Waals surface area contributed by atoms with Crippen LogP contribution in [0.15, 0.2) is 42.5 Å². The largest absolute Gasteiger partial charge is 0.397 e. The highest BCUT2D eigenvalue weighted by molar-refractivity contribution is 6.33. The lowest BCUT2D eigenvalue weighted by atomic mass is 10.1. The number of rotatable bonds is 2. The molecule has 2 aromatic rings. The second-order valence-electron chi connectivity index (χ2n) is 4.06. The highest BCUT2D eigenvalue weighted by atomic mass is 35.5. The van der Waals surface area contributed by atoms with Crippen LogP contribution in [-0.2, 0) is 0 Å². The van der Waals surface area contributed by atoms with Gasteiger partial charge in [0.05, 0.1) is 10.7 Å². The minimum Gasteiger partial charge on any atom is -0.397 e. The van der Waals surface area contributed by atoms with Gasteiger partial charge in [-0.2, -0.15) is 0 Å². The molecule has 0 aromatic heterocycles. The van der Waals surface area contributed by atoms with Gasteiger partial charge in [-0.05, 0) is 37.3 Å². The average molecular weight is 261 g/mol. The molecule has 0 aliphatic rings. The van der Waals surface area contributed by atoms with Gasteiger partial charge >= 0.3 is 0 Å². The Labute approximate surface area is 111 Å². The van der Waals surface area contributed by atoms with Gasteiger partial charge in [0.1, 0.15) is 0 Å². The van der Waals surface area contributed by atoms with Crippen molar-refractivity contribution in [3.8, 4) is 0 Å². The maximum Gasteiger partial charge on any atom is 0.255 e. The molecule has 0 bridgehead atoms. The highest BCUT2D eigenvalue weighted by Crippen LogP contribution is 2.22. The molecule has 3 N–H and O–H groups in total. The third-order valence-electron chi connectivity index (χ3n) is 2.53. The summed E-state index contributed by atoms with van der Waals surface area (Å²) < 4.78 is 0. The zero-order chi connectivity index (χ0) is 13.1. The normalized spacial score (nSPS) is 10.1. The van der Waals surface area contributed by atoms with Gasteiger partial charge in [-0.25, -0.2) is 0 Å². The summed E-state index contributed by atoms with van der Waals surface area (Å²) in [6.45, 7) is 1.94. The van der Waals surface area contributed by atoms with E-state index in [1.807, 2.05) is 25.1 Å². The molecule has 2 rings (SSSR count). The molecule has 0 aliphatic heterocycles. The molecule has 0 saturated heterocycles. The van der Waals surface area contributed by atoms with Crippen molar-refractivity contribution in [3.05, 3.63) is 58.6 Å². The van der Waals surface area contributed by atoms with Crippen molar-refractivity contribution in [2.45, 2.75) is 6.92 Å². The van der Waals surface area contributed by atoms with E-state index in [0.29, 0.717) is 22.0 Å². The Balaban J connectivity index is 2.18. The summed E-state index contributed by atoms with van der Waals surface area (Å²) in [5.41, 5.74) is 8.40. The van der Waals surface area contributed by atoms with Crippen LogP contribution in [-0.4, -0.2) is 5.91 Å². The zero-order valence-corrected chi connectivity index (χ0v) is 10.7. The van der Waals surface area contributed by atoms with E-state index < -0.39 is 0 Å². The molecule has 0 saturated carbocycles. The number of carbonyl (C=O) groups is 1. The topological polar surface area (TPSA) is 55.1 Å². The summed E-state index contributed by atoms with van der Waals surface area (Å²) in [6.07, 6.45) is 0. The van der Waals surface area contributed by atoms with Gasteiger partial charge in [0.2, 0.25) is 0 Å². The van der Waals surface area contributed by atoms with Crippen molar-refractivity contribution in [1.29, 1.82) is 0 Å². The fraction of sp³-hybridized carbons (Fsp3) is 0.0714. The lowest BCUT2D eigenvalue weighted by Crippen LogP contribution is -2.12. The maximum absolute atomic E-state index is 12.0. The number of halogens is 1. The Bertz CT molecular complexity index is 596. The van der Waals surface area contributed by atoms with Crippen molar-refractivity contribution < 1.29 is 4.79 Å². The molecule has 4 heteroatoms. The average Bonchev–Trinajstić information content (AvgIpc) is 2.34. The van der Waals surface area contributed by atoms with E-state index in [4.69, 9.17) is 17.3 Å². The summed E-state index contributed by atoms with van der Waals surface area (Å²) in [7, 11) is 0. The van der Waals surface area contributed by atoms with E-state index in [0.717, 1.165) is 5.56 Å². The number of anilines is 2. The van der Waals surface area contributed by atoms with Gasteiger partial charge < -0.3 is 11.1 Å². The number of hydrogen-bond acceptors (Lipinski definition) is 2. The SMILES string of the molecule is Cc1cccc(C(=O)Nc2ccc(Cl)c(N)c2)c1. The van der Waals surface area contributed by atoms with Crippen LogP contribution in [0.4, 0.5) is 11.4 Å². The van der Waals surface area contributed by atoms with Crippen molar-refractivity contribution in [2.75, 3.05) is 11.1 Å². The van der Waals surface area contributed by atoms with Crippen LogP contribution in [0.2, 0.25) is 5.02 Å². The monoisotopic (exact) mass is 260 g/mol. The Hall–Kier alpha value is -2.00. The second kappa shape index (κ2) is 5.10. The first-order chi connectivity index (χ1) is 8.56. The molecule has 0 heterocycles. The van der Waals surface area contributed by atoms with Crippen LogP contribution < -0.4 is 11.1 Å². The van der Waals surface area contributed by atoms with Crippen molar-refractivity contribution in [3.63, 3.8) is 0 Å². The van der Waals surface area contributed by atoms with Crippen LogP contribution in [0, 0.1) is 6.92 Å². The van der Waals surface area contributed by atoms with Gasteiger partial charge in [0.25, 0.3) is 5.91 Å². The Morgan fingerprint density at radius 2 is 2.00 bits per heavy atom. The fourth-order valence-electron chi connectivity index (χ4n) is 1.61. The van der Waals surface area contributed by atoms with E-state index >= 15 is 0 Å². The predicted molar refractivity (Wildman–Crippen MR) is 75.0 cm³/mol. The fourth-order valence-corrected chi connectivity index (χ4v) is 1.73. The number of nitrogens with one attached hydrogen (secondary N) is 1. The minimum atomic E-state index is -0.166. The number of carbonyl (C=O) groups excluding carboxylic acids is 1. The molecule has 0 unspecified atom stereocenters. The third-order valence-corrected chi connectivity index (χ3v) is 2.88. The molecule has 18 heavy (non-hydrogen) atoms.